The summed E-state index contributed by atoms with van der Waals surface area (Å²) < 4.78 is 13.8. The highest BCUT2D eigenvalue weighted by atomic mass is 19.1. The molecule has 1 aliphatic carbocycles. The summed E-state index contributed by atoms with van der Waals surface area (Å²) in [6, 6.07) is 6.57. The molecule has 0 bridgehead atoms. The summed E-state index contributed by atoms with van der Waals surface area (Å²) in [7, 11) is 1.91. The number of benzene rings is 1. The SMILES string of the molecule is CN(Cc1ccc(C#N)cc1F)C1CCCCC1O. The second-order valence-corrected chi connectivity index (χ2v) is 5.25. The summed E-state index contributed by atoms with van der Waals surface area (Å²) in [4.78, 5) is 2.01. The smallest absolute Gasteiger partial charge is 0.129 e. The molecule has 2 rings (SSSR count). The lowest BCUT2D eigenvalue weighted by Crippen LogP contribution is -2.43. The minimum absolute atomic E-state index is 0.101. The third kappa shape index (κ3) is 3.31. The Hall–Kier alpha value is -1.44. The predicted octanol–water partition coefficient (Wildman–Crippen LogP) is 2.43. The van der Waals surface area contributed by atoms with Crippen molar-refractivity contribution < 1.29 is 9.50 Å². The molecule has 19 heavy (non-hydrogen) atoms. The molecule has 1 saturated carbocycles. The number of likely N-dealkylation sites (N-methyl/N-ethyl adjacent to an activating group) is 1. The summed E-state index contributed by atoms with van der Waals surface area (Å²) in [5, 5.41) is 18.7. The maximum atomic E-state index is 13.8. The van der Waals surface area contributed by atoms with Gasteiger partial charge in [-0.05, 0) is 32.0 Å². The molecule has 0 amide bonds. The van der Waals surface area contributed by atoms with Crippen molar-refractivity contribution in [1.82, 2.24) is 4.90 Å². The maximum absolute atomic E-state index is 13.8. The van der Waals surface area contributed by atoms with Crippen molar-refractivity contribution in [3.05, 3.63) is 35.1 Å². The summed E-state index contributed by atoms with van der Waals surface area (Å²) >= 11 is 0. The topological polar surface area (TPSA) is 47.3 Å². The minimum Gasteiger partial charge on any atom is -0.391 e. The fraction of sp³-hybridized carbons (Fsp3) is 0.533. The van der Waals surface area contributed by atoms with Gasteiger partial charge in [0, 0.05) is 18.2 Å². The first-order valence-corrected chi connectivity index (χ1v) is 6.68. The van der Waals surface area contributed by atoms with E-state index in [2.05, 4.69) is 0 Å². The van der Waals surface area contributed by atoms with E-state index in [0.29, 0.717) is 17.7 Å². The molecule has 102 valence electrons. The van der Waals surface area contributed by atoms with Gasteiger partial charge in [-0.1, -0.05) is 18.9 Å². The van der Waals surface area contributed by atoms with Crippen molar-refractivity contribution in [2.45, 2.75) is 44.4 Å². The highest BCUT2D eigenvalue weighted by Gasteiger charge is 2.26. The summed E-state index contributed by atoms with van der Waals surface area (Å²) in [5.74, 6) is -0.351. The van der Waals surface area contributed by atoms with Crippen LogP contribution in [0.2, 0.25) is 0 Å². The van der Waals surface area contributed by atoms with Gasteiger partial charge in [0.1, 0.15) is 5.82 Å². The fourth-order valence-corrected chi connectivity index (χ4v) is 2.74. The Bertz CT molecular complexity index is 484. The largest absolute Gasteiger partial charge is 0.391 e. The van der Waals surface area contributed by atoms with Crippen LogP contribution in [0, 0.1) is 17.1 Å². The fourth-order valence-electron chi connectivity index (χ4n) is 2.74. The summed E-state index contributed by atoms with van der Waals surface area (Å²) in [6.45, 7) is 0.458. The highest BCUT2D eigenvalue weighted by Crippen LogP contribution is 2.24. The van der Waals surface area contributed by atoms with E-state index in [9.17, 15) is 9.50 Å². The molecule has 0 spiro atoms. The zero-order valence-corrected chi connectivity index (χ0v) is 11.1. The Morgan fingerprint density at radius 3 is 2.79 bits per heavy atom. The molecule has 1 aromatic carbocycles. The molecule has 3 nitrogen and oxygen atoms in total. The first-order chi connectivity index (χ1) is 9.11. The van der Waals surface area contributed by atoms with Gasteiger partial charge in [-0.25, -0.2) is 4.39 Å². The Morgan fingerprint density at radius 2 is 2.16 bits per heavy atom. The van der Waals surface area contributed by atoms with E-state index in [-0.39, 0.29) is 18.0 Å². The van der Waals surface area contributed by atoms with Crippen molar-refractivity contribution in [2.75, 3.05) is 7.05 Å². The van der Waals surface area contributed by atoms with Crippen molar-refractivity contribution in [1.29, 1.82) is 5.26 Å². The Labute approximate surface area is 113 Å². The van der Waals surface area contributed by atoms with Gasteiger partial charge in [0.05, 0.1) is 17.7 Å². The Morgan fingerprint density at radius 1 is 1.42 bits per heavy atom. The van der Waals surface area contributed by atoms with Gasteiger partial charge < -0.3 is 5.11 Å². The lowest BCUT2D eigenvalue weighted by Gasteiger charge is -2.35. The quantitative estimate of drug-likeness (QED) is 0.910. The van der Waals surface area contributed by atoms with Crippen LogP contribution in [-0.2, 0) is 6.54 Å². The van der Waals surface area contributed by atoms with Gasteiger partial charge in [0.15, 0.2) is 0 Å². The third-order valence-electron chi connectivity index (χ3n) is 3.86. The van der Waals surface area contributed by atoms with Crippen LogP contribution in [0.1, 0.15) is 36.8 Å². The van der Waals surface area contributed by atoms with Crippen LogP contribution in [0.5, 0.6) is 0 Å². The van der Waals surface area contributed by atoms with E-state index >= 15 is 0 Å². The van der Waals surface area contributed by atoms with E-state index < -0.39 is 0 Å². The molecule has 2 unspecified atom stereocenters. The number of halogens is 1. The number of nitrogens with zero attached hydrogens (tertiary/aromatic N) is 2. The van der Waals surface area contributed by atoms with Gasteiger partial charge in [0.25, 0.3) is 0 Å². The molecule has 0 radical (unpaired) electrons. The number of aliphatic hydroxyl groups is 1. The lowest BCUT2D eigenvalue weighted by molar-refractivity contribution is 0.0284. The van der Waals surface area contributed by atoms with Crippen molar-refractivity contribution in [3.63, 3.8) is 0 Å². The number of nitriles is 1. The normalized spacial score (nSPS) is 23.3. The maximum Gasteiger partial charge on any atom is 0.129 e. The molecule has 0 aromatic heterocycles. The Balaban J connectivity index is 2.06. The van der Waals surface area contributed by atoms with Crippen molar-refractivity contribution in [3.8, 4) is 6.07 Å². The second kappa shape index (κ2) is 6.14. The van der Waals surface area contributed by atoms with Gasteiger partial charge in [-0.2, -0.15) is 5.26 Å². The number of aliphatic hydroxyl groups excluding tert-OH is 1. The Kier molecular flexibility index (Phi) is 4.52. The molecule has 1 fully saturated rings. The van der Waals surface area contributed by atoms with Crippen LogP contribution < -0.4 is 0 Å². The predicted molar refractivity (Wildman–Crippen MR) is 70.8 cm³/mol. The number of hydrogen-bond donors (Lipinski definition) is 1. The highest BCUT2D eigenvalue weighted by molar-refractivity contribution is 5.32. The van der Waals surface area contributed by atoms with Gasteiger partial charge in [-0.15, -0.1) is 0 Å². The van der Waals surface area contributed by atoms with E-state index in [1.165, 1.54) is 6.07 Å². The number of rotatable bonds is 3. The molecular weight excluding hydrogens is 243 g/mol. The van der Waals surface area contributed by atoms with E-state index in [1.807, 2.05) is 18.0 Å². The standard InChI is InChI=1S/C15H19FN2O/c1-18(14-4-2-3-5-15(14)19)10-12-7-6-11(9-17)8-13(12)16/h6-8,14-15,19H,2-5,10H2,1H3. The van der Waals surface area contributed by atoms with Gasteiger partial charge in [-0.3, -0.25) is 4.90 Å². The lowest BCUT2D eigenvalue weighted by atomic mass is 9.91. The average molecular weight is 262 g/mol. The summed E-state index contributed by atoms with van der Waals surface area (Å²) in [5.41, 5.74) is 0.904. The zero-order chi connectivity index (χ0) is 13.8. The van der Waals surface area contributed by atoms with Crippen molar-refractivity contribution >= 4 is 0 Å². The molecule has 0 saturated heterocycles. The average Bonchev–Trinajstić information content (AvgIpc) is 2.41. The minimum atomic E-state index is -0.351. The molecular formula is C15H19FN2O. The molecule has 0 aliphatic heterocycles. The van der Waals surface area contributed by atoms with Crippen LogP contribution >= 0.6 is 0 Å². The summed E-state index contributed by atoms with van der Waals surface area (Å²) in [6.07, 6.45) is 3.64. The van der Waals surface area contributed by atoms with E-state index in [1.54, 1.807) is 12.1 Å². The van der Waals surface area contributed by atoms with Crippen LogP contribution in [0.3, 0.4) is 0 Å². The molecule has 1 aliphatic rings. The van der Waals surface area contributed by atoms with Crippen LogP contribution in [-0.4, -0.2) is 29.2 Å². The molecule has 0 heterocycles. The second-order valence-electron chi connectivity index (χ2n) is 5.25. The van der Waals surface area contributed by atoms with Crippen molar-refractivity contribution in [2.24, 2.45) is 0 Å². The van der Waals surface area contributed by atoms with Crippen LogP contribution in [0.25, 0.3) is 0 Å². The van der Waals surface area contributed by atoms with Gasteiger partial charge >= 0.3 is 0 Å². The number of hydrogen-bond acceptors (Lipinski definition) is 3. The molecule has 4 heteroatoms. The van der Waals surface area contributed by atoms with E-state index in [0.717, 1.165) is 25.7 Å². The third-order valence-corrected chi connectivity index (χ3v) is 3.86. The first kappa shape index (κ1) is 14.0. The first-order valence-electron chi connectivity index (χ1n) is 6.68. The molecule has 2 atom stereocenters. The molecule has 1 N–H and O–H groups in total. The van der Waals surface area contributed by atoms with Crippen LogP contribution in [0.15, 0.2) is 18.2 Å². The monoisotopic (exact) mass is 262 g/mol. The zero-order valence-electron chi connectivity index (χ0n) is 11.1. The van der Waals surface area contributed by atoms with Gasteiger partial charge in [0.2, 0.25) is 0 Å². The molecule has 1 aromatic rings. The van der Waals surface area contributed by atoms with Crippen LogP contribution in [0.4, 0.5) is 4.39 Å². The van der Waals surface area contributed by atoms with E-state index in [4.69, 9.17) is 5.26 Å².